The molecule has 7 nitrogen and oxygen atoms in total. The highest BCUT2D eigenvalue weighted by molar-refractivity contribution is 6.32. The largest absolute Gasteiger partial charge is 0.466 e. The summed E-state index contributed by atoms with van der Waals surface area (Å²) in [6.07, 6.45) is 1.76. The molecule has 1 aromatic carbocycles. The van der Waals surface area contributed by atoms with Gasteiger partial charge >= 0.3 is 5.97 Å². The van der Waals surface area contributed by atoms with Gasteiger partial charge in [0.15, 0.2) is 0 Å². The van der Waals surface area contributed by atoms with Crippen molar-refractivity contribution in [1.82, 2.24) is 0 Å². The quantitative estimate of drug-likeness (QED) is 0.456. The number of nitro groups is 1. The SMILES string of the molecule is COC(=O)C1=C(C)N=C2CCCC(=O)C2C1c1ccc(Cl)c([N+](=O)[O-])c1. The average Bonchev–Trinajstić information content (AvgIpc) is 2.60. The molecule has 0 saturated heterocycles. The van der Waals surface area contributed by atoms with Crippen LogP contribution >= 0.6 is 11.6 Å². The van der Waals surface area contributed by atoms with E-state index in [1.165, 1.54) is 19.2 Å². The number of ether oxygens (including phenoxy) is 1. The molecule has 2 aliphatic rings. The van der Waals surface area contributed by atoms with Crippen LogP contribution in [-0.2, 0) is 14.3 Å². The van der Waals surface area contributed by atoms with Gasteiger partial charge in [-0.15, -0.1) is 0 Å². The van der Waals surface area contributed by atoms with Crippen LogP contribution in [0.1, 0.15) is 37.7 Å². The van der Waals surface area contributed by atoms with Crippen molar-refractivity contribution in [2.45, 2.75) is 32.1 Å². The highest BCUT2D eigenvalue weighted by Crippen LogP contribution is 2.44. The number of esters is 1. The monoisotopic (exact) mass is 376 g/mol. The standard InChI is InChI=1S/C18H17ClN2O5/c1-9-15(18(23)26-2)16(17-12(20-9)4-3-5-14(17)22)10-6-7-11(19)13(8-10)21(24)25/h6-8,16-17H,3-5H2,1-2H3. The molecule has 3 rings (SSSR count). The number of fused-ring (bicyclic) bond motifs is 1. The lowest BCUT2D eigenvalue weighted by atomic mass is 9.69. The van der Waals surface area contributed by atoms with Crippen molar-refractivity contribution in [1.29, 1.82) is 0 Å². The van der Waals surface area contributed by atoms with Gasteiger partial charge in [-0.1, -0.05) is 17.7 Å². The molecule has 0 aromatic heterocycles. The molecule has 1 heterocycles. The molecular weight excluding hydrogens is 360 g/mol. The van der Waals surface area contributed by atoms with Crippen LogP contribution in [0, 0.1) is 16.0 Å². The Labute approximate surface area is 154 Å². The number of carbonyl (C=O) groups excluding carboxylic acids is 2. The molecule has 26 heavy (non-hydrogen) atoms. The molecule has 0 N–H and O–H groups in total. The van der Waals surface area contributed by atoms with E-state index in [2.05, 4.69) is 4.99 Å². The molecule has 1 aliphatic heterocycles. The number of hydrogen-bond acceptors (Lipinski definition) is 6. The Morgan fingerprint density at radius 1 is 1.35 bits per heavy atom. The van der Waals surface area contributed by atoms with Gasteiger partial charge in [-0.2, -0.15) is 0 Å². The second-order valence-electron chi connectivity index (χ2n) is 6.34. The molecule has 2 unspecified atom stereocenters. The van der Waals surface area contributed by atoms with Crippen LogP contribution in [-0.4, -0.2) is 29.5 Å². The summed E-state index contributed by atoms with van der Waals surface area (Å²) in [5.41, 5.74) is 1.66. The van der Waals surface area contributed by atoms with Gasteiger partial charge in [0.25, 0.3) is 5.69 Å². The minimum Gasteiger partial charge on any atom is -0.466 e. The van der Waals surface area contributed by atoms with Gasteiger partial charge in [0.05, 0.1) is 23.5 Å². The van der Waals surface area contributed by atoms with Crippen molar-refractivity contribution in [2.75, 3.05) is 7.11 Å². The van der Waals surface area contributed by atoms with Gasteiger partial charge in [-0.25, -0.2) is 4.79 Å². The summed E-state index contributed by atoms with van der Waals surface area (Å²) in [5, 5.41) is 11.3. The lowest BCUT2D eigenvalue weighted by Crippen LogP contribution is -2.39. The zero-order valence-electron chi connectivity index (χ0n) is 14.3. The van der Waals surface area contributed by atoms with Crippen LogP contribution < -0.4 is 0 Å². The fourth-order valence-corrected chi connectivity index (χ4v) is 3.90. The van der Waals surface area contributed by atoms with E-state index in [4.69, 9.17) is 16.3 Å². The van der Waals surface area contributed by atoms with E-state index in [-0.39, 0.29) is 22.1 Å². The molecule has 0 bridgehead atoms. The number of carbonyl (C=O) groups is 2. The summed E-state index contributed by atoms with van der Waals surface area (Å²) >= 11 is 5.92. The molecular formula is C18H17ClN2O5. The van der Waals surface area contributed by atoms with Gasteiger partial charge in [-0.3, -0.25) is 19.9 Å². The van der Waals surface area contributed by atoms with Crippen LogP contribution in [0.2, 0.25) is 5.02 Å². The van der Waals surface area contributed by atoms with Crippen LogP contribution in [0.3, 0.4) is 0 Å². The molecule has 8 heteroatoms. The lowest BCUT2D eigenvalue weighted by molar-refractivity contribution is -0.384. The van der Waals surface area contributed by atoms with Crippen molar-refractivity contribution in [3.8, 4) is 0 Å². The summed E-state index contributed by atoms with van der Waals surface area (Å²) in [6.45, 7) is 1.69. The maximum absolute atomic E-state index is 12.6. The molecule has 1 aromatic rings. The van der Waals surface area contributed by atoms with E-state index in [9.17, 15) is 19.7 Å². The Morgan fingerprint density at radius 2 is 2.08 bits per heavy atom. The van der Waals surface area contributed by atoms with Crippen molar-refractivity contribution >= 4 is 34.8 Å². The number of methoxy groups -OCH3 is 1. The minimum atomic E-state index is -0.668. The summed E-state index contributed by atoms with van der Waals surface area (Å²) in [4.78, 5) is 40.2. The van der Waals surface area contributed by atoms with Gasteiger partial charge in [-0.05, 0) is 31.4 Å². The topological polar surface area (TPSA) is 98.9 Å². The zero-order valence-corrected chi connectivity index (χ0v) is 15.1. The number of halogens is 1. The Kier molecular flexibility index (Phi) is 4.91. The van der Waals surface area contributed by atoms with Crippen molar-refractivity contribution in [3.63, 3.8) is 0 Å². The number of allylic oxidation sites excluding steroid dienone is 1. The Hall–Kier alpha value is -2.54. The smallest absolute Gasteiger partial charge is 0.336 e. The third-order valence-electron chi connectivity index (χ3n) is 4.84. The highest BCUT2D eigenvalue weighted by Gasteiger charge is 2.44. The number of rotatable bonds is 3. The molecule has 0 radical (unpaired) electrons. The van der Waals surface area contributed by atoms with E-state index < -0.39 is 22.7 Å². The first-order valence-corrected chi connectivity index (χ1v) is 8.56. The minimum absolute atomic E-state index is 0.00117. The second-order valence-corrected chi connectivity index (χ2v) is 6.74. The number of ketones is 1. The van der Waals surface area contributed by atoms with E-state index in [0.717, 1.165) is 0 Å². The number of benzene rings is 1. The van der Waals surface area contributed by atoms with Gasteiger partial charge in [0.2, 0.25) is 0 Å². The first kappa shape index (κ1) is 18.3. The van der Waals surface area contributed by atoms with Crippen molar-refractivity contribution < 1.29 is 19.2 Å². The van der Waals surface area contributed by atoms with Crippen molar-refractivity contribution in [2.24, 2.45) is 10.9 Å². The van der Waals surface area contributed by atoms with E-state index in [1.54, 1.807) is 13.0 Å². The third kappa shape index (κ3) is 3.03. The summed E-state index contributed by atoms with van der Waals surface area (Å²) in [5.74, 6) is -1.89. The molecule has 2 atom stereocenters. The summed E-state index contributed by atoms with van der Waals surface area (Å²) in [6, 6.07) is 4.35. The molecule has 0 spiro atoms. The van der Waals surface area contributed by atoms with Gasteiger partial charge in [0, 0.05) is 29.8 Å². The number of Topliss-reactive ketones (excluding diaryl/α,β-unsaturated/α-hetero) is 1. The lowest BCUT2D eigenvalue weighted by Gasteiger charge is -2.35. The maximum atomic E-state index is 12.6. The fraction of sp³-hybridized carbons (Fsp3) is 0.389. The number of aliphatic imine (C=N–C) groups is 1. The van der Waals surface area contributed by atoms with E-state index >= 15 is 0 Å². The third-order valence-corrected chi connectivity index (χ3v) is 5.16. The average molecular weight is 377 g/mol. The first-order chi connectivity index (χ1) is 12.3. The number of hydrogen-bond donors (Lipinski definition) is 0. The van der Waals surface area contributed by atoms with Crippen LogP contribution in [0.5, 0.6) is 0 Å². The number of nitro benzene ring substituents is 1. The Bertz CT molecular complexity index is 874. The van der Waals surface area contributed by atoms with E-state index in [0.29, 0.717) is 36.2 Å². The summed E-state index contributed by atoms with van der Waals surface area (Å²) < 4.78 is 4.89. The molecule has 136 valence electrons. The maximum Gasteiger partial charge on any atom is 0.336 e. The predicted molar refractivity (Wildman–Crippen MR) is 95.3 cm³/mol. The van der Waals surface area contributed by atoms with Crippen LogP contribution in [0.15, 0.2) is 34.5 Å². The molecule has 1 fully saturated rings. The highest BCUT2D eigenvalue weighted by atomic mass is 35.5. The van der Waals surface area contributed by atoms with Crippen LogP contribution in [0.25, 0.3) is 0 Å². The molecule has 1 saturated carbocycles. The van der Waals surface area contributed by atoms with Gasteiger partial charge < -0.3 is 4.74 Å². The Morgan fingerprint density at radius 3 is 2.73 bits per heavy atom. The van der Waals surface area contributed by atoms with Crippen LogP contribution in [0.4, 0.5) is 5.69 Å². The van der Waals surface area contributed by atoms with Crippen molar-refractivity contribution in [3.05, 3.63) is 50.2 Å². The predicted octanol–water partition coefficient (Wildman–Crippen LogP) is 3.60. The second kappa shape index (κ2) is 6.99. The number of nitrogens with zero attached hydrogens (tertiary/aromatic N) is 2. The molecule has 1 aliphatic carbocycles. The van der Waals surface area contributed by atoms with Gasteiger partial charge in [0.1, 0.15) is 10.8 Å². The zero-order chi connectivity index (χ0) is 19.0. The van der Waals surface area contributed by atoms with E-state index in [1.807, 2.05) is 0 Å². The summed E-state index contributed by atoms with van der Waals surface area (Å²) in [7, 11) is 1.26. The molecule has 0 amide bonds. The normalized spacial score (nSPS) is 22.6. The first-order valence-electron chi connectivity index (χ1n) is 8.18. The fourth-order valence-electron chi connectivity index (χ4n) is 3.72. The Balaban J connectivity index is 2.22.